The largest absolute Gasteiger partial charge is 0.462 e. The molecule has 9 atom stereocenters. The molecule has 8 unspecified atom stereocenters. The molecule has 0 aromatic heterocycles. The van der Waals surface area contributed by atoms with Crippen LogP contribution in [0.2, 0.25) is 0 Å². The van der Waals surface area contributed by atoms with E-state index < -0.39 is 17.1 Å². The molecule has 31 heavy (non-hydrogen) atoms. The Bertz CT molecular complexity index is 821. The SMILES string of the molecule is CC(=O)OC1C[C@]2(O)C3CCC4CC(O)CCC4(C)C3CCC2(C)C1C1=CC(=O)OC1. The van der Waals surface area contributed by atoms with Crippen molar-refractivity contribution in [3.05, 3.63) is 11.6 Å². The van der Waals surface area contributed by atoms with Crippen LogP contribution in [0.1, 0.15) is 72.1 Å². The zero-order valence-corrected chi connectivity index (χ0v) is 18.9. The maximum absolute atomic E-state index is 12.4. The van der Waals surface area contributed by atoms with Gasteiger partial charge in [-0.3, -0.25) is 4.79 Å². The van der Waals surface area contributed by atoms with Gasteiger partial charge in [-0.1, -0.05) is 13.8 Å². The van der Waals surface area contributed by atoms with Gasteiger partial charge in [0.1, 0.15) is 12.7 Å². The average Bonchev–Trinajstić information content (AvgIpc) is 3.19. The molecular formula is C25H36O6. The van der Waals surface area contributed by atoms with Gasteiger partial charge in [-0.25, -0.2) is 4.79 Å². The molecule has 2 N–H and O–H groups in total. The molecule has 1 aliphatic heterocycles. The number of carbonyl (C=O) groups is 2. The Morgan fingerprint density at radius 1 is 1.16 bits per heavy atom. The number of esters is 2. The Morgan fingerprint density at radius 2 is 1.94 bits per heavy atom. The van der Waals surface area contributed by atoms with E-state index in [2.05, 4.69) is 13.8 Å². The molecular weight excluding hydrogens is 396 g/mol. The molecule has 172 valence electrons. The summed E-state index contributed by atoms with van der Waals surface area (Å²) in [6, 6.07) is 0. The zero-order chi connectivity index (χ0) is 22.2. The van der Waals surface area contributed by atoms with Crippen LogP contribution in [0.4, 0.5) is 0 Å². The van der Waals surface area contributed by atoms with Crippen molar-refractivity contribution >= 4 is 11.9 Å². The van der Waals surface area contributed by atoms with Crippen LogP contribution in [-0.2, 0) is 19.1 Å². The second kappa shape index (κ2) is 7.05. The lowest BCUT2D eigenvalue weighted by atomic mass is 9.43. The standard InChI is InChI=1S/C25H36O6/c1-14(26)31-20-12-25(29)19-5-4-16-11-17(27)6-8-23(16,2)18(19)7-9-24(25,3)22(20)15-10-21(28)30-13-15/h10,16-20,22,27,29H,4-9,11-13H2,1-3H3/t16?,17?,18?,19?,20?,22?,23?,24?,25-/m0/s1. The quantitative estimate of drug-likeness (QED) is 0.651. The highest BCUT2D eigenvalue weighted by Gasteiger charge is 2.70. The minimum absolute atomic E-state index is 0.139. The molecule has 6 nitrogen and oxygen atoms in total. The molecule has 0 amide bonds. The fraction of sp³-hybridized carbons (Fsp3) is 0.840. The maximum Gasteiger partial charge on any atom is 0.331 e. The van der Waals surface area contributed by atoms with Crippen molar-refractivity contribution in [1.82, 2.24) is 0 Å². The number of ether oxygens (including phenoxy) is 2. The summed E-state index contributed by atoms with van der Waals surface area (Å²) in [7, 11) is 0. The molecule has 1 heterocycles. The predicted molar refractivity (Wildman–Crippen MR) is 113 cm³/mol. The smallest absolute Gasteiger partial charge is 0.331 e. The summed E-state index contributed by atoms with van der Waals surface area (Å²) in [4.78, 5) is 23.8. The minimum Gasteiger partial charge on any atom is -0.462 e. The van der Waals surface area contributed by atoms with Gasteiger partial charge in [0.15, 0.2) is 0 Å². The van der Waals surface area contributed by atoms with Crippen molar-refractivity contribution in [2.75, 3.05) is 6.61 Å². The van der Waals surface area contributed by atoms with Gasteiger partial charge in [0.2, 0.25) is 0 Å². The van der Waals surface area contributed by atoms with E-state index in [1.165, 1.54) is 6.92 Å². The van der Waals surface area contributed by atoms with E-state index in [0.29, 0.717) is 18.3 Å². The van der Waals surface area contributed by atoms with E-state index in [-0.39, 0.29) is 41.9 Å². The van der Waals surface area contributed by atoms with Crippen LogP contribution in [0.25, 0.3) is 0 Å². The first-order chi connectivity index (χ1) is 14.6. The van der Waals surface area contributed by atoms with Gasteiger partial charge in [0, 0.05) is 30.8 Å². The molecule has 5 aliphatic rings. The summed E-state index contributed by atoms with van der Waals surface area (Å²) < 4.78 is 11.0. The molecule has 0 spiro atoms. The zero-order valence-electron chi connectivity index (χ0n) is 18.9. The molecule has 4 fully saturated rings. The highest BCUT2D eigenvalue weighted by atomic mass is 16.5. The van der Waals surface area contributed by atoms with Crippen LogP contribution in [0.5, 0.6) is 0 Å². The van der Waals surface area contributed by atoms with Crippen LogP contribution in [0.15, 0.2) is 11.6 Å². The normalized spacial score (nSPS) is 51.3. The Morgan fingerprint density at radius 3 is 2.61 bits per heavy atom. The summed E-state index contributed by atoms with van der Waals surface area (Å²) in [5.41, 5.74) is -0.420. The van der Waals surface area contributed by atoms with Crippen LogP contribution >= 0.6 is 0 Å². The molecule has 5 rings (SSSR count). The predicted octanol–water partition coefficient (Wildman–Crippen LogP) is 3.15. The monoisotopic (exact) mass is 432 g/mol. The maximum atomic E-state index is 12.4. The second-order valence-electron chi connectivity index (χ2n) is 11.5. The van der Waals surface area contributed by atoms with Crippen LogP contribution in [0.3, 0.4) is 0 Å². The highest BCUT2D eigenvalue weighted by Crippen LogP contribution is 2.70. The lowest BCUT2D eigenvalue weighted by Crippen LogP contribution is -2.62. The molecule has 4 aliphatic carbocycles. The van der Waals surface area contributed by atoms with E-state index in [4.69, 9.17) is 9.47 Å². The molecule has 0 aromatic carbocycles. The number of aliphatic hydroxyl groups is 2. The number of carbonyl (C=O) groups excluding carboxylic acids is 2. The molecule has 0 bridgehead atoms. The molecule has 0 radical (unpaired) electrons. The van der Waals surface area contributed by atoms with Gasteiger partial charge in [-0.2, -0.15) is 0 Å². The first kappa shape index (κ1) is 21.4. The van der Waals surface area contributed by atoms with Crippen molar-refractivity contribution < 1.29 is 29.3 Å². The Kier molecular flexibility index (Phi) is 4.88. The van der Waals surface area contributed by atoms with Gasteiger partial charge in [0.25, 0.3) is 0 Å². The van der Waals surface area contributed by atoms with Crippen molar-refractivity contribution in [2.24, 2.45) is 34.5 Å². The fourth-order valence-electron chi connectivity index (χ4n) is 8.76. The molecule has 4 saturated carbocycles. The Balaban J connectivity index is 1.52. The number of fused-ring (bicyclic) bond motifs is 5. The van der Waals surface area contributed by atoms with E-state index in [9.17, 15) is 19.8 Å². The van der Waals surface area contributed by atoms with Crippen LogP contribution in [0, 0.1) is 34.5 Å². The van der Waals surface area contributed by atoms with E-state index in [1.54, 1.807) is 6.08 Å². The summed E-state index contributed by atoms with van der Waals surface area (Å²) in [6.07, 6.45) is 7.90. The lowest BCUT2D eigenvalue weighted by molar-refractivity contribution is -0.208. The van der Waals surface area contributed by atoms with E-state index in [0.717, 1.165) is 50.5 Å². The number of hydrogen-bond donors (Lipinski definition) is 2. The first-order valence-corrected chi connectivity index (χ1v) is 12.0. The van der Waals surface area contributed by atoms with Crippen molar-refractivity contribution in [2.45, 2.75) is 89.9 Å². The summed E-state index contributed by atoms with van der Waals surface area (Å²) in [5.74, 6) is 0.162. The first-order valence-electron chi connectivity index (χ1n) is 12.0. The molecule has 0 saturated heterocycles. The van der Waals surface area contributed by atoms with Crippen molar-refractivity contribution in [1.29, 1.82) is 0 Å². The Labute approximate surface area is 184 Å². The highest BCUT2D eigenvalue weighted by molar-refractivity contribution is 5.85. The number of rotatable bonds is 2. The topological polar surface area (TPSA) is 93.1 Å². The van der Waals surface area contributed by atoms with Crippen LogP contribution in [-0.4, -0.2) is 46.6 Å². The van der Waals surface area contributed by atoms with Gasteiger partial charge in [0.05, 0.1) is 11.7 Å². The third-order valence-electron chi connectivity index (χ3n) is 10.2. The molecule has 6 heteroatoms. The van der Waals surface area contributed by atoms with Gasteiger partial charge >= 0.3 is 11.9 Å². The number of cyclic esters (lactones) is 1. The van der Waals surface area contributed by atoms with Crippen molar-refractivity contribution in [3.8, 4) is 0 Å². The summed E-state index contributed by atoms with van der Waals surface area (Å²) >= 11 is 0. The average molecular weight is 433 g/mol. The summed E-state index contributed by atoms with van der Waals surface area (Å²) in [5, 5.41) is 22.7. The van der Waals surface area contributed by atoms with Gasteiger partial charge in [-0.15, -0.1) is 0 Å². The van der Waals surface area contributed by atoms with Gasteiger partial charge < -0.3 is 19.7 Å². The molecule has 0 aromatic rings. The fourth-order valence-corrected chi connectivity index (χ4v) is 8.76. The summed E-state index contributed by atoms with van der Waals surface area (Å²) in [6.45, 7) is 6.16. The van der Waals surface area contributed by atoms with Crippen LogP contribution < -0.4 is 0 Å². The minimum atomic E-state index is -0.947. The number of aliphatic hydroxyl groups excluding tert-OH is 1. The van der Waals surface area contributed by atoms with E-state index in [1.807, 2.05) is 0 Å². The van der Waals surface area contributed by atoms with Crippen molar-refractivity contribution in [3.63, 3.8) is 0 Å². The third-order valence-corrected chi connectivity index (χ3v) is 10.2. The Hall–Kier alpha value is -1.40. The lowest BCUT2D eigenvalue weighted by Gasteiger charge is -2.63. The third kappa shape index (κ3) is 2.97. The second-order valence-corrected chi connectivity index (χ2v) is 11.5. The number of hydrogen-bond acceptors (Lipinski definition) is 6. The van der Waals surface area contributed by atoms with Gasteiger partial charge in [-0.05, 0) is 73.7 Å². The van der Waals surface area contributed by atoms with E-state index >= 15 is 0 Å².